The molecule has 226 valence electrons. The Balaban J connectivity index is 1.11. The molecule has 12 nitrogen and oxygen atoms in total. The second-order valence-corrected chi connectivity index (χ2v) is 11.4. The SMILES string of the molecule is COC(=O)c1cccc(-c2cnn(CCCCCCNC(=O)c3ccn(C4CCN(C(=O)OC(C)(C)C)CC4)n3)c2)n1. The fraction of sp³-hybridized carbons (Fsp3) is 0.533. The average Bonchev–Trinajstić information content (AvgIpc) is 3.66. The highest BCUT2D eigenvalue weighted by molar-refractivity contribution is 5.92. The van der Waals surface area contributed by atoms with Gasteiger partial charge in [-0.05, 0) is 64.7 Å². The summed E-state index contributed by atoms with van der Waals surface area (Å²) >= 11 is 0. The molecule has 0 spiro atoms. The van der Waals surface area contributed by atoms with Crippen molar-refractivity contribution >= 4 is 18.0 Å². The van der Waals surface area contributed by atoms with E-state index >= 15 is 0 Å². The Morgan fingerprint density at radius 3 is 2.52 bits per heavy atom. The molecule has 4 heterocycles. The highest BCUT2D eigenvalue weighted by atomic mass is 16.6. The van der Waals surface area contributed by atoms with Crippen LogP contribution >= 0.6 is 0 Å². The van der Waals surface area contributed by atoms with E-state index in [1.54, 1.807) is 29.3 Å². The number of esters is 1. The molecule has 3 aromatic rings. The lowest BCUT2D eigenvalue weighted by Crippen LogP contribution is -2.42. The molecule has 1 aliphatic heterocycles. The molecule has 0 unspecified atom stereocenters. The number of amides is 2. The summed E-state index contributed by atoms with van der Waals surface area (Å²) in [5.41, 5.74) is 1.68. The third-order valence-electron chi connectivity index (χ3n) is 7.00. The maximum atomic E-state index is 12.6. The van der Waals surface area contributed by atoms with Gasteiger partial charge in [-0.15, -0.1) is 0 Å². The summed E-state index contributed by atoms with van der Waals surface area (Å²) in [7, 11) is 1.33. The summed E-state index contributed by atoms with van der Waals surface area (Å²) in [6, 6.07) is 7.13. The quantitative estimate of drug-likeness (QED) is 0.259. The standard InChI is InChI=1S/C30H41N7O5/c1-30(2,3)42-29(40)35-17-12-23(13-18-35)37-19-14-25(34-37)27(38)31-15-7-5-6-8-16-36-21-22(20-32-36)24-10-9-11-26(33-24)28(39)41-4/h9-11,14,19-21,23H,5-8,12-13,15-18H2,1-4H3,(H,31,38). The van der Waals surface area contributed by atoms with Crippen molar-refractivity contribution in [1.82, 2.24) is 34.8 Å². The number of methoxy groups -OCH3 is 1. The molecule has 1 saturated heterocycles. The molecule has 0 radical (unpaired) electrons. The van der Waals surface area contributed by atoms with Crippen LogP contribution in [0.15, 0.2) is 42.9 Å². The van der Waals surface area contributed by atoms with E-state index in [9.17, 15) is 14.4 Å². The number of unbranched alkanes of at least 4 members (excludes halogenated alkanes) is 3. The largest absolute Gasteiger partial charge is 0.464 e. The van der Waals surface area contributed by atoms with Crippen LogP contribution in [-0.4, -0.2) is 79.8 Å². The van der Waals surface area contributed by atoms with Gasteiger partial charge in [-0.1, -0.05) is 18.9 Å². The topological polar surface area (TPSA) is 133 Å². The van der Waals surface area contributed by atoms with Gasteiger partial charge in [-0.3, -0.25) is 14.2 Å². The summed E-state index contributed by atoms with van der Waals surface area (Å²) < 4.78 is 13.9. The molecule has 1 N–H and O–H groups in total. The van der Waals surface area contributed by atoms with Crippen LogP contribution in [0.4, 0.5) is 4.79 Å². The summed E-state index contributed by atoms with van der Waals surface area (Å²) in [6.45, 7) is 8.16. The molecule has 0 bridgehead atoms. The van der Waals surface area contributed by atoms with Crippen LogP contribution in [0.1, 0.15) is 86.3 Å². The van der Waals surface area contributed by atoms with E-state index in [2.05, 4.69) is 20.5 Å². The molecule has 0 saturated carbocycles. The number of likely N-dealkylation sites (tertiary alicyclic amines) is 1. The smallest absolute Gasteiger partial charge is 0.410 e. The molecule has 2 amide bonds. The van der Waals surface area contributed by atoms with Gasteiger partial charge in [0.1, 0.15) is 17.0 Å². The predicted octanol–water partition coefficient (Wildman–Crippen LogP) is 4.49. The lowest BCUT2D eigenvalue weighted by molar-refractivity contribution is 0.0184. The van der Waals surface area contributed by atoms with E-state index < -0.39 is 11.6 Å². The molecule has 0 aromatic carbocycles. The van der Waals surface area contributed by atoms with Crippen LogP contribution in [0.25, 0.3) is 11.3 Å². The van der Waals surface area contributed by atoms with Gasteiger partial charge < -0.3 is 19.7 Å². The second-order valence-electron chi connectivity index (χ2n) is 11.4. The van der Waals surface area contributed by atoms with Crippen molar-refractivity contribution in [3.63, 3.8) is 0 Å². The first kappa shape index (κ1) is 30.7. The molecule has 1 fully saturated rings. The van der Waals surface area contributed by atoms with E-state index in [1.165, 1.54) is 7.11 Å². The molecule has 1 aliphatic rings. The van der Waals surface area contributed by atoms with Crippen LogP contribution in [0.5, 0.6) is 0 Å². The van der Waals surface area contributed by atoms with Crippen LogP contribution in [0, 0.1) is 0 Å². The molecule has 0 aliphatic carbocycles. The number of pyridine rings is 1. The van der Waals surface area contributed by atoms with Crippen molar-refractivity contribution in [3.05, 3.63) is 54.2 Å². The van der Waals surface area contributed by atoms with Gasteiger partial charge in [0.15, 0.2) is 0 Å². The van der Waals surface area contributed by atoms with E-state index in [-0.39, 0.29) is 23.7 Å². The Morgan fingerprint density at radius 2 is 1.79 bits per heavy atom. The van der Waals surface area contributed by atoms with E-state index in [0.717, 1.165) is 50.6 Å². The van der Waals surface area contributed by atoms with Crippen LogP contribution in [0.3, 0.4) is 0 Å². The minimum absolute atomic E-state index is 0.150. The van der Waals surface area contributed by atoms with Gasteiger partial charge in [0, 0.05) is 44.1 Å². The second kappa shape index (κ2) is 14.1. The first-order valence-electron chi connectivity index (χ1n) is 14.5. The first-order chi connectivity index (χ1) is 20.1. The lowest BCUT2D eigenvalue weighted by Gasteiger charge is -2.33. The van der Waals surface area contributed by atoms with Gasteiger partial charge in [-0.2, -0.15) is 10.2 Å². The van der Waals surface area contributed by atoms with Gasteiger partial charge in [0.25, 0.3) is 5.91 Å². The minimum atomic E-state index is -0.509. The third-order valence-corrected chi connectivity index (χ3v) is 7.00. The lowest BCUT2D eigenvalue weighted by atomic mass is 10.1. The number of hydrogen-bond donors (Lipinski definition) is 1. The number of carbonyl (C=O) groups excluding carboxylic acids is 3. The Labute approximate surface area is 246 Å². The van der Waals surface area contributed by atoms with Gasteiger partial charge in [-0.25, -0.2) is 14.6 Å². The zero-order chi connectivity index (χ0) is 30.1. The van der Waals surface area contributed by atoms with Gasteiger partial charge in [0.05, 0.1) is 25.0 Å². The Morgan fingerprint density at radius 1 is 1.02 bits per heavy atom. The molecule has 42 heavy (non-hydrogen) atoms. The van der Waals surface area contributed by atoms with Crippen molar-refractivity contribution in [2.75, 3.05) is 26.7 Å². The fourth-order valence-electron chi connectivity index (χ4n) is 4.78. The molecular weight excluding hydrogens is 538 g/mol. The minimum Gasteiger partial charge on any atom is -0.464 e. The van der Waals surface area contributed by atoms with Crippen molar-refractivity contribution < 1.29 is 23.9 Å². The number of carbonyl (C=O) groups is 3. The van der Waals surface area contributed by atoms with Crippen molar-refractivity contribution in [3.8, 4) is 11.3 Å². The molecule has 12 heteroatoms. The zero-order valence-electron chi connectivity index (χ0n) is 24.9. The summed E-state index contributed by atoms with van der Waals surface area (Å²) in [5.74, 6) is -0.641. The van der Waals surface area contributed by atoms with Crippen LogP contribution < -0.4 is 5.32 Å². The first-order valence-corrected chi connectivity index (χ1v) is 14.5. The number of nitrogens with one attached hydrogen (secondary N) is 1. The van der Waals surface area contributed by atoms with E-state index in [0.29, 0.717) is 31.0 Å². The summed E-state index contributed by atoms with van der Waals surface area (Å²) in [6.07, 6.45) is 10.6. The molecule has 3 aromatic heterocycles. The third kappa shape index (κ3) is 8.64. The van der Waals surface area contributed by atoms with Crippen molar-refractivity contribution in [2.45, 2.75) is 77.5 Å². The number of aromatic nitrogens is 5. The number of ether oxygens (including phenoxy) is 2. The Bertz CT molecular complexity index is 1350. The maximum absolute atomic E-state index is 12.6. The van der Waals surface area contributed by atoms with E-state index in [1.807, 2.05) is 48.6 Å². The van der Waals surface area contributed by atoms with E-state index in [4.69, 9.17) is 9.47 Å². The Kier molecular flexibility index (Phi) is 10.3. The number of piperidine rings is 1. The maximum Gasteiger partial charge on any atom is 0.410 e. The molecular formula is C30H41N7O5. The normalized spacial score (nSPS) is 14.0. The zero-order valence-corrected chi connectivity index (χ0v) is 24.9. The van der Waals surface area contributed by atoms with Crippen LogP contribution in [-0.2, 0) is 16.0 Å². The number of aryl methyl sites for hydroxylation is 1. The fourth-order valence-corrected chi connectivity index (χ4v) is 4.78. The van der Waals surface area contributed by atoms with Gasteiger partial charge in [0.2, 0.25) is 0 Å². The van der Waals surface area contributed by atoms with Crippen molar-refractivity contribution in [2.24, 2.45) is 0 Å². The summed E-state index contributed by atoms with van der Waals surface area (Å²) in [5, 5.41) is 11.9. The Hall–Kier alpha value is -4.22. The number of rotatable bonds is 11. The highest BCUT2D eigenvalue weighted by Crippen LogP contribution is 2.23. The monoisotopic (exact) mass is 579 g/mol. The molecule has 4 rings (SSSR count). The van der Waals surface area contributed by atoms with Crippen LogP contribution in [0.2, 0.25) is 0 Å². The molecule has 0 atom stereocenters. The average molecular weight is 580 g/mol. The number of nitrogens with zero attached hydrogens (tertiary/aromatic N) is 6. The highest BCUT2D eigenvalue weighted by Gasteiger charge is 2.28. The predicted molar refractivity (Wildman–Crippen MR) is 156 cm³/mol. The van der Waals surface area contributed by atoms with Gasteiger partial charge >= 0.3 is 12.1 Å². The van der Waals surface area contributed by atoms with Crippen molar-refractivity contribution in [1.29, 1.82) is 0 Å². The number of hydrogen-bond acceptors (Lipinski definition) is 8. The summed E-state index contributed by atoms with van der Waals surface area (Å²) in [4.78, 5) is 42.7.